The predicted molar refractivity (Wildman–Crippen MR) is 75.9 cm³/mol. The normalized spacial score (nSPS) is 16.9. The van der Waals surface area contributed by atoms with Crippen molar-refractivity contribution in [1.82, 2.24) is 14.7 Å². The maximum Gasteiger partial charge on any atom is 0.411 e. The van der Waals surface area contributed by atoms with E-state index in [0.717, 1.165) is 5.56 Å². The molecule has 1 atom stereocenters. The molecule has 1 N–H and O–H groups in total. The molecule has 0 spiro atoms. The number of rotatable bonds is 3. The second kappa shape index (κ2) is 5.88. The second-order valence-electron chi connectivity index (χ2n) is 4.95. The predicted octanol–water partition coefficient (Wildman–Crippen LogP) is 1.66. The first kappa shape index (κ1) is 14.1. The summed E-state index contributed by atoms with van der Waals surface area (Å²) >= 11 is 0. The Morgan fingerprint density at radius 3 is 2.73 bits per heavy atom. The van der Waals surface area contributed by atoms with Crippen LogP contribution in [0, 0.1) is 0 Å². The summed E-state index contributed by atoms with van der Waals surface area (Å²) in [5.74, 6) is -1.10. The van der Waals surface area contributed by atoms with Crippen LogP contribution in [0.15, 0.2) is 42.6 Å². The zero-order chi connectivity index (χ0) is 15.5. The van der Waals surface area contributed by atoms with E-state index in [1.807, 2.05) is 30.3 Å². The van der Waals surface area contributed by atoms with Crippen molar-refractivity contribution in [2.45, 2.75) is 19.2 Å². The van der Waals surface area contributed by atoms with Crippen molar-refractivity contribution >= 4 is 12.1 Å². The Morgan fingerprint density at radius 1 is 1.23 bits per heavy atom. The first-order chi connectivity index (χ1) is 10.7. The highest BCUT2D eigenvalue weighted by Gasteiger charge is 2.37. The van der Waals surface area contributed by atoms with E-state index >= 15 is 0 Å². The third-order valence-corrected chi connectivity index (χ3v) is 3.57. The number of fused-ring (bicyclic) bond motifs is 1. The fourth-order valence-electron chi connectivity index (χ4n) is 2.51. The quantitative estimate of drug-likeness (QED) is 0.932. The van der Waals surface area contributed by atoms with Gasteiger partial charge in [0.1, 0.15) is 6.61 Å². The highest BCUT2D eigenvalue weighted by molar-refractivity contribution is 5.81. The van der Waals surface area contributed by atoms with E-state index in [-0.39, 0.29) is 13.2 Å². The molecular weight excluding hydrogens is 286 g/mol. The van der Waals surface area contributed by atoms with Gasteiger partial charge in [0.15, 0.2) is 6.04 Å². The summed E-state index contributed by atoms with van der Waals surface area (Å²) in [5.41, 5.74) is 1.33. The van der Waals surface area contributed by atoms with Crippen molar-refractivity contribution in [1.29, 1.82) is 0 Å². The minimum Gasteiger partial charge on any atom is -0.479 e. The molecule has 0 saturated heterocycles. The summed E-state index contributed by atoms with van der Waals surface area (Å²) < 4.78 is 6.83. The van der Waals surface area contributed by atoms with E-state index in [4.69, 9.17) is 4.74 Å². The lowest BCUT2D eigenvalue weighted by Crippen LogP contribution is -2.45. The van der Waals surface area contributed by atoms with Crippen LogP contribution in [0.2, 0.25) is 0 Å². The minimum atomic E-state index is -1.10. The Balaban J connectivity index is 1.73. The number of carboxylic acids is 1. The van der Waals surface area contributed by atoms with Crippen LogP contribution in [0.25, 0.3) is 0 Å². The monoisotopic (exact) mass is 301 g/mol. The number of ether oxygens (including phenoxy) is 1. The van der Waals surface area contributed by atoms with Gasteiger partial charge < -0.3 is 9.84 Å². The Morgan fingerprint density at radius 2 is 2.00 bits per heavy atom. The summed E-state index contributed by atoms with van der Waals surface area (Å²) in [7, 11) is 0. The SMILES string of the molecule is O=C(O)C1c2ccnn2CCN1C(=O)OCc1ccccc1. The highest BCUT2D eigenvalue weighted by atomic mass is 16.6. The fourth-order valence-corrected chi connectivity index (χ4v) is 2.51. The van der Waals surface area contributed by atoms with Gasteiger partial charge in [0.25, 0.3) is 0 Å². The fraction of sp³-hybridized carbons (Fsp3) is 0.267. The standard InChI is InChI=1S/C15H15N3O4/c19-14(20)13-12-6-7-16-18(12)9-8-17(13)15(21)22-10-11-4-2-1-3-5-11/h1-7,13H,8-10H2,(H,19,20). The molecule has 3 rings (SSSR count). The summed E-state index contributed by atoms with van der Waals surface area (Å²) in [5, 5.41) is 13.5. The van der Waals surface area contributed by atoms with Gasteiger partial charge in [0.05, 0.1) is 12.2 Å². The van der Waals surface area contributed by atoms with E-state index in [0.29, 0.717) is 12.2 Å². The number of nitrogens with zero attached hydrogens (tertiary/aromatic N) is 3. The van der Waals surface area contributed by atoms with Gasteiger partial charge in [-0.3, -0.25) is 9.58 Å². The Bertz CT molecular complexity index is 683. The highest BCUT2D eigenvalue weighted by Crippen LogP contribution is 2.26. The van der Waals surface area contributed by atoms with Crippen LogP contribution in [0.3, 0.4) is 0 Å². The molecule has 22 heavy (non-hydrogen) atoms. The number of hydrogen-bond donors (Lipinski definition) is 1. The molecule has 7 nitrogen and oxygen atoms in total. The lowest BCUT2D eigenvalue weighted by atomic mass is 10.1. The molecule has 1 unspecified atom stereocenters. The number of amides is 1. The number of carboxylic acid groups (broad SMARTS) is 1. The summed E-state index contributed by atoms with van der Waals surface area (Å²) in [6.07, 6.45) is 0.896. The smallest absolute Gasteiger partial charge is 0.411 e. The van der Waals surface area contributed by atoms with Crippen molar-refractivity contribution in [3.63, 3.8) is 0 Å². The number of carbonyl (C=O) groups is 2. The second-order valence-corrected chi connectivity index (χ2v) is 4.95. The summed E-state index contributed by atoms with van der Waals surface area (Å²) in [6, 6.07) is 9.79. The van der Waals surface area contributed by atoms with Crippen molar-refractivity contribution < 1.29 is 19.4 Å². The van der Waals surface area contributed by atoms with Gasteiger partial charge in [-0.1, -0.05) is 30.3 Å². The Labute approximate surface area is 126 Å². The van der Waals surface area contributed by atoms with Gasteiger partial charge in [-0.2, -0.15) is 5.10 Å². The number of carbonyl (C=O) groups excluding carboxylic acids is 1. The molecule has 7 heteroatoms. The molecule has 114 valence electrons. The van der Waals surface area contributed by atoms with Crippen molar-refractivity contribution in [2.24, 2.45) is 0 Å². The molecule has 2 heterocycles. The minimum absolute atomic E-state index is 0.113. The number of benzene rings is 1. The van der Waals surface area contributed by atoms with Crippen LogP contribution >= 0.6 is 0 Å². The molecule has 1 aromatic heterocycles. The van der Waals surface area contributed by atoms with Gasteiger partial charge >= 0.3 is 12.1 Å². The van der Waals surface area contributed by atoms with Crippen molar-refractivity contribution in [3.05, 3.63) is 53.9 Å². The third-order valence-electron chi connectivity index (χ3n) is 3.57. The topological polar surface area (TPSA) is 84.7 Å². The van der Waals surface area contributed by atoms with Crippen LogP contribution < -0.4 is 0 Å². The van der Waals surface area contributed by atoms with E-state index < -0.39 is 18.1 Å². The Kier molecular flexibility index (Phi) is 3.78. The van der Waals surface area contributed by atoms with Crippen LogP contribution in [-0.4, -0.2) is 38.4 Å². The molecule has 1 amide bonds. The van der Waals surface area contributed by atoms with E-state index in [2.05, 4.69) is 5.10 Å². The van der Waals surface area contributed by atoms with Crippen molar-refractivity contribution in [2.75, 3.05) is 6.54 Å². The molecule has 0 saturated carbocycles. The summed E-state index contributed by atoms with van der Waals surface area (Å²) in [4.78, 5) is 25.0. The maximum atomic E-state index is 12.2. The Hall–Kier alpha value is -2.83. The number of aromatic nitrogens is 2. The van der Waals surface area contributed by atoms with Crippen LogP contribution in [0.1, 0.15) is 17.3 Å². The number of hydrogen-bond acceptors (Lipinski definition) is 4. The molecular formula is C15H15N3O4. The first-order valence-corrected chi connectivity index (χ1v) is 6.88. The zero-order valence-electron chi connectivity index (χ0n) is 11.8. The molecule has 0 bridgehead atoms. The summed E-state index contributed by atoms with van der Waals surface area (Å²) in [6.45, 7) is 0.813. The molecule has 0 radical (unpaired) electrons. The molecule has 0 fully saturated rings. The lowest BCUT2D eigenvalue weighted by Gasteiger charge is -2.32. The molecule has 1 aliphatic heterocycles. The van der Waals surface area contributed by atoms with Gasteiger partial charge in [0.2, 0.25) is 0 Å². The third kappa shape index (κ3) is 2.65. The van der Waals surface area contributed by atoms with Crippen molar-refractivity contribution in [3.8, 4) is 0 Å². The van der Waals surface area contributed by atoms with Gasteiger partial charge in [-0.25, -0.2) is 9.59 Å². The molecule has 1 aliphatic rings. The molecule has 0 aliphatic carbocycles. The number of aliphatic carboxylic acids is 1. The van der Waals surface area contributed by atoms with Crippen LogP contribution in [0.4, 0.5) is 4.79 Å². The first-order valence-electron chi connectivity index (χ1n) is 6.88. The van der Waals surface area contributed by atoms with Crippen LogP contribution in [0.5, 0.6) is 0 Å². The lowest BCUT2D eigenvalue weighted by molar-refractivity contribution is -0.144. The average Bonchev–Trinajstić information content (AvgIpc) is 3.00. The van der Waals surface area contributed by atoms with E-state index in [1.165, 1.54) is 11.1 Å². The van der Waals surface area contributed by atoms with E-state index in [9.17, 15) is 14.7 Å². The van der Waals surface area contributed by atoms with Crippen LogP contribution in [-0.2, 0) is 22.7 Å². The van der Waals surface area contributed by atoms with Gasteiger partial charge in [-0.15, -0.1) is 0 Å². The largest absolute Gasteiger partial charge is 0.479 e. The van der Waals surface area contributed by atoms with E-state index in [1.54, 1.807) is 10.7 Å². The van der Waals surface area contributed by atoms with Gasteiger partial charge in [-0.05, 0) is 11.6 Å². The molecule has 2 aromatic rings. The average molecular weight is 301 g/mol. The van der Waals surface area contributed by atoms with Gasteiger partial charge in [0, 0.05) is 12.7 Å². The maximum absolute atomic E-state index is 12.2. The zero-order valence-corrected chi connectivity index (χ0v) is 11.8. The molecule has 1 aromatic carbocycles.